The molecule has 24 heavy (non-hydrogen) atoms. The van der Waals surface area contributed by atoms with E-state index in [1.165, 1.54) is 0 Å². The fraction of sp³-hybridized carbons (Fsp3) is 0.278. The van der Waals surface area contributed by atoms with Gasteiger partial charge in [-0.05, 0) is 87.7 Å². The molecule has 1 N–H and O–H groups in total. The molecule has 0 bridgehead atoms. The summed E-state index contributed by atoms with van der Waals surface area (Å²) in [5.41, 5.74) is 2.59. The molecule has 0 aromatic heterocycles. The lowest BCUT2D eigenvalue weighted by molar-refractivity contribution is 0.0526. The van der Waals surface area contributed by atoms with Gasteiger partial charge in [0.25, 0.3) is 0 Å². The number of carbonyl (C=O) groups is 1. The van der Waals surface area contributed by atoms with Crippen molar-refractivity contribution in [2.75, 3.05) is 18.5 Å². The van der Waals surface area contributed by atoms with E-state index >= 15 is 0 Å². The Morgan fingerprint density at radius 3 is 2.21 bits per heavy atom. The van der Waals surface area contributed by atoms with Crippen LogP contribution in [-0.4, -0.2) is 19.2 Å². The van der Waals surface area contributed by atoms with Crippen molar-refractivity contribution < 1.29 is 14.3 Å². The van der Waals surface area contributed by atoms with Crippen molar-refractivity contribution in [1.29, 1.82) is 0 Å². The van der Waals surface area contributed by atoms with E-state index in [4.69, 9.17) is 9.47 Å². The van der Waals surface area contributed by atoms with Gasteiger partial charge in [-0.15, -0.1) is 0 Å². The number of esters is 1. The van der Waals surface area contributed by atoms with Gasteiger partial charge in [0.2, 0.25) is 0 Å². The molecule has 0 aliphatic heterocycles. The van der Waals surface area contributed by atoms with Gasteiger partial charge in [-0.2, -0.15) is 0 Å². The molecule has 0 aliphatic rings. The van der Waals surface area contributed by atoms with E-state index in [0.717, 1.165) is 25.9 Å². The third-order valence-electron chi connectivity index (χ3n) is 3.24. The Balaban J connectivity index is 2.02. The number of rotatable bonds is 7. The molecule has 2 aromatic rings. The van der Waals surface area contributed by atoms with Gasteiger partial charge < -0.3 is 14.8 Å². The summed E-state index contributed by atoms with van der Waals surface area (Å²) in [5.74, 6) is 0.503. The van der Waals surface area contributed by atoms with Crippen molar-refractivity contribution in [1.82, 2.24) is 0 Å². The average molecular weight is 457 g/mol. The maximum absolute atomic E-state index is 11.6. The van der Waals surface area contributed by atoms with Crippen molar-refractivity contribution in [3.8, 4) is 5.75 Å². The number of hydrogen-bond acceptors (Lipinski definition) is 4. The average Bonchev–Trinajstić information content (AvgIpc) is 2.57. The summed E-state index contributed by atoms with van der Waals surface area (Å²) in [6, 6.07) is 11.3. The van der Waals surface area contributed by atoms with Crippen LogP contribution in [-0.2, 0) is 11.3 Å². The van der Waals surface area contributed by atoms with Crippen molar-refractivity contribution in [2.24, 2.45) is 0 Å². The van der Waals surface area contributed by atoms with E-state index in [9.17, 15) is 4.79 Å². The maximum atomic E-state index is 11.6. The van der Waals surface area contributed by atoms with Crippen LogP contribution in [0.2, 0.25) is 0 Å². The van der Waals surface area contributed by atoms with Crippen molar-refractivity contribution >= 4 is 43.5 Å². The first-order valence-corrected chi connectivity index (χ1v) is 9.25. The van der Waals surface area contributed by atoms with Crippen LogP contribution in [0.4, 0.5) is 5.69 Å². The van der Waals surface area contributed by atoms with Gasteiger partial charge in [-0.25, -0.2) is 4.79 Å². The van der Waals surface area contributed by atoms with E-state index in [1.807, 2.05) is 31.2 Å². The highest BCUT2D eigenvalue weighted by Crippen LogP contribution is 2.35. The highest BCUT2D eigenvalue weighted by atomic mass is 79.9. The summed E-state index contributed by atoms with van der Waals surface area (Å²) in [4.78, 5) is 11.6. The second-order valence-corrected chi connectivity index (χ2v) is 6.68. The van der Waals surface area contributed by atoms with E-state index < -0.39 is 0 Å². The van der Waals surface area contributed by atoms with E-state index in [0.29, 0.717) is 25.3 Å². The molecule has 0 saturated heterocycles. The molecule has 0 spiro atoms. The molecule has 4 nitrogen and oxygen atoms in total. The molecule has 0 radical (unpaired) electrons. The Labute approximate surface area is 158 Å². The van der Waals surface area contributed by atoms with Crippen molar-refractivity contribution in [3.63, 3.8) is 0 Å². The molecule has 0 amide bonds. The monoisotopic (exact) mass is 455 g/mol. The zero-order chi connectivity index (χ0) is 17.5. The normalized spacial score (nSPS) is 10.3. The molecule has 0 unspecified atom stereocenters. The molecule has 2 rings (SSSR count). The van der Waals surface area contributed by atoms with Crippen molar-refractivity contribution in [2.45, 2.75) is 20.4 Å². The molecule has 0 heterocycles. The van der Waals surface area contributed by atoms with Gasteiger partial charge in [-0.3, -0.25) is 0 Å². The first-order valence-electron chi connectivity index (χ1n) is 7.67. The van der Waals surface area contributed by atoms with E-state index in [1.54, 1.807) is 19.1 Å². The minimum absolute atomic E-state index is 0.302. The Bertz CT molecular complexity index is 679. The summed E-state index contributed by atoms with van der Waals surface area (Å²) in [6.45, 7) is 5.39. The lowest BCUT2D eigenvalue weighted by atomic mass is 10.2. The summed E-state index contributed by atoms with van der Waals surface area (Å²) >= 11 is 7.06. The number of ether oxygens (including phenoxy) is 2. The van der Waals surface area contributed by atoms with Crippen LogP contribution < -0.4 is 10.1 Å². The smallest absolute Gasteiger partial charge is 0.338 e. The summed E-state index contributed by atoms with van der Waals surface area (Å²) in [7, 11) is 0. The second kappa shape index (κ2) is 9.08. The van der Waals surface area contributed by atoms with Crippen LogP contribution in [0, 0.1) is 0 Å². The third-order valence-corrected chi connectivity index (χ3v) is 4.42. The molecule has 6 heteroatoms. The molecule has 0 atom stereocenters. The van der Waals surface area contributed by atoms with Gasteiger partial charge in [0.15, 0.2) is 0 Å². The van der Waals surface area contributed by atoms with Crippen LogP contribution in [0.1, 0.15) is 29.8 Å². The fourth-order valence-electron chi connectivity index (χ4n) is 2.14. The third kappa shape index (κ3) is 4.98. The number of anilines is 1. The van der Waals surface area contributed by atoms with Crippen molar-refractivity contribution in [3.05, 3.63) is 56.5 Å². The number of hydrogen-bond donors (Lipinski definition) is 1. The standard InChI is InChI=1S/C18H19Br2NO3/c1-3-23-17-15(19)9-12(10-16(17)20)11-21-14-7-5-13(6-8-14)18(22)24-4-2/h5-10,21H,3-4,11H2,1-2H3. The molecule has 0 aliphatic carbocycles. The van der Waals surface area contributed by atoms with Gasteiger partial charge in [0.1, 0.15) is 5.75 Å². The van der Waals surface area contributed by atoms with Crippen LogP contribution in [0.15, 0.2) is 45.3 Å². The lowest BCUT2D eigenvalue weighted by Crippen LogP contribution is -2.05. The molecular weight excluding hydrogens is 438 g/mol. The zero-order valence-electron chi connectivity index (χ0n) is 13.6. The molecule has 0 saturated carbocycles. The van der Waals surface area contributed by atoms with Crippen LogP contribution in [0.25, 0.3) is 0 Å². The minimum atomic E-state index is -0.302. The highest BCUT2D eigenvalue weighted by Gasteiger charge is 2.09. The summed E-state index contributed by atoms with van der Waals surface area (Å²) in [6.07, 6.45) is 0. The Kier molecular flexibility index (Phi) is 7.12. The molecular formula is C18H19Br2NO3. The predicted octanol–water partition coefficient (Wildman–Crippen LogP) is 5.40. The summed E-state index contributed by atoms with van der Waals surface area (Å²) < 4.78 is 12.4. The van der Waals surface area contributed by atoms with E-state index in [-0.39, 0.29) is 5.97 Å². The predicted molar refractivity (Wildman–Crippen MR) is 103 cm³/mol. The topological polar surface area (TPSA) is 47.6 Å². The number of nitrogens with one attached hydrogen (secondary N) is 1. The fourth-order valence-corrected chi connectivity index (χ4v) is 3.65. The Morgan fingerprint density at radius 2 is 1.67 bits per heavy atom. The van der Waals surface area contributed by atoms with Crippen LogP contribution in [0.3, 0.4) is 0 Å². The number of benzene rings is 2. The summed E-state index contributed by atoms with van der Waals surface area (Å²) in [5, 5.41) is 3.33. The zero-order valence-corrected chi connectivity index (χ0v) is 16.7. The highest BCUT2D eigenvalue weighted by molar-refractivity contribution is 9.11. The SMILES string of the molecule is CCOC(=O)c1ccc(NCc2cc(Br)c(OCC)c(Br)c2)cc1. The Morgan fingerprint density at radius 1 is 1.04 bits per heavy atom. The van der Waals surface area contributed by atoms with Crippen LogP contribution >= 0.6 is 31.9 Å². The second-order valence-electron chi connectivity index (χ2n) is 4.97. The molecule has 2 aromatic carbocycles. The number of carbonyl (C=O) groups excluding carboxylic acids is 1. The Hall–Kier alpha value is -1.53. The van der Waals surface area contributed by atoms with Gasteiger partial charge >= 0.3 is 5.97 Å². The largest absolute Gasteiger partial charge is 0.492 e. The van der Waals surface area contributed by atoms with Gasteiger partial charge in [0.05, 0.1) is 27.7 Å². The lowest BCUT2D eigenvalue weighted by Gasteiger charge is -2.12. The van der Waals surface area contributed by atoms with E-state index in [2.05, 4.69) is 37.2 Å². The molecule has 128 valence electrons. The van der Waals surface area contributed by atoms with Gasteiger partial charge in [0, 0.05) is 12.2 Å². The molecule has 0 fully saturated rings. The van der Waals surface area contributed by atoms with Crippen LogP contribution in [0.5, 0.6) is 5.75 Å². The first-order chi connectivity index (χ1) is 11.5. The minimum Gasteiger partial charge on any atom is -0.492 e. The first kappa shape index (κ1) is 18.8. The maximum Gasteiger partial charge on any atom is 0.338 e. The quantitative estimate of drug-likeness (QED) is 0.566. The number of halogens is 2. The van der Waals surface area contributed by atoms with Gasteiger partial charge in [-0.1, -0.05) is 0 Å².